The van der Waals surface area contributed by atoms with E-state index in [1.165, 1.54) is 35.8 Å². The van der Waals surface area contributed by atoms with Crippen molar-refractivity contribution in [3.63, 3.8) is 0 Å². The summed E-state index contributed by atoms with van der Waals surface area (Å²) in [7, 11) is 1.72. The average molecular weight is 516 g/mol. The van der Waals surface area contributed by atoms with Gasteiger partial charge >= 0.3 is 12.3 Å². The Morgan fingerprint density at radius 2 is 1.89 bits per heavy atom. The van der Waals surface area contributed by atoms with E-state index in [1.54, 1.807) is 23.7 Å². The van der Waals surface area contributed by atoms with E-state index in [-0.39, 0.29) is 11.4 Å². The van der Waals surface area contributed by atoms with E-state index in [0.29, 0.717) is 24.3 Å². The molecule has 7 nitrogen and oxygen atoms in total. The van der Waals surface area contributed by atoms with Crippen LogP contribution in [0.1, 0.15) is 27.2 Å². The maximum absolute atomic E-state index is 12.3. The monoisotopic (exact) mass is 515 g/mol. The van der Waals surface area contributed by atoms with Gasteiger partial charge in [0, 0.05) is 32.9 Å². The molecule has 10 heteroatoms. The number of nitrogens with zero attached hydrogens (tertiary/aromatic N) is 4. The molecule has 1 saturated heterocycles. The quantitative estimate of drug-likeness (QED) is 0.442. The molecule has 1 aromatic heterocycles. The Hall–Kier alpha value is -3.37. The summed E-state index contributed by atoms with van der Waals surface area (Å²) in [6.45, 7) is 6.62. The van der Waals surface area contributed by atoms with Gasteiger partial charge in [-0.3, -0.25) is 4.90 Å². The highest BCUT2D eigenvalue weighted by Crippen LogP contribution is 2.52. The lowest BCUT2D eigenvalue weighted by Gasteiger charge is -2.24. The van der Waals surface area contributed by atoms with Crippen LogP contribution < -0.4 is 4.74 Å². The number of piperidine rings is 1. The molecule has 1 saturated carbocycles. The zero-order valence-corrected chi connectivity index (χ0v) is 20.7. The van der Waals surface area contributed by atoms with E-state index in [0.717, 1.165) is 31.7 Å². The summed E-state index contributed by atoms with van der Waals surface area (Å²) in [6, 6.07) is 14.6. The number of aromatic nitrogens is 2. The SMILES string of the molecule is Cc1ccccc1CN1CC2C(C[N-]Cc3cccc(OC(F)(F)F)c3)C2C1.Cn1cnc(C(=O)O)c1. The predicted molar refractivity (Wildman–Crippen MR) is 132 cm³/mol. The van der Waals surface area contributed by atoms with Gasteiger partial charge in [-0.15, -0.1) is 26.3 Å². The molecule has 37 heavy (non-hydrogen) atoms. The largest absolute Gasteiger partial charge is 0.658 e. The second-order valence-corrected chi connectivity index (χ2v) is 9.60. The Morgan fingerprint density at radius 1 is 1.16 bits per heavy atom. The number of likely N-dealkylation sites (tertiary alicyclic amines) is 1. The van der Waals surface area contributed by atoms with Gasteiger partial charge in [0.1, 0.15) is 5.75 Å². The van der Waals surface area contributed by atoms with Crippen LogP contribution in [0, 0.1) is 24.7 Å². The van der Waals surface area contributed by atoms with Crippen molar-refractivity contribution in [2.75, 3.05) is 19.6 Å². The van der Waals surface area contributed by atoms with Crippen LogP contribution in [0.2, 0.25) is 0 Å². The molecule has 0 amide bonds. The second-order valence-electron chi connectivity index (χ2n) is 9.60. The van der Waals surface area contributed by atoms with Crippen molar-refractivity contribution in [1.82, 2.24) is 14.5 Å². The average Bonchev–Trinajstić information content (AvgIpc) is 3.14. The summed E-state index contributed by atoms with van der Waals surface area (Å²) in [5.41, 5.74) is 3.56. The number of carboxylic acid groups (broad SMARTS) is 1. The molecule has 2 fully saturated rings. The summed E-state index contributed by atoms with van der Waals surface area (Å²) in [5, 5.41) is 12.9. The first-order valence-corrected chi connectivity index (χ1v) is 12.0. The highest BCUT2D eigenvalue weighted by Gasteiger charge is 2.52. The fourth-order valence-corrected chi connectivity index (χ4v) is 4.87. The van der Waals surface area contributed by atoms with Gasteiger partial charge in [-0.05, 0) is 42.0 Å². The minimum absolute atomic E-state index is 0.0810. The van der Waals surface area contributed by atoms with Gasteiger partial charge in [0.2, 0.25) is 0 Å². The van der Waals surface area contributed by atoms with E-state index in [2.05, 4.69) is 51.1 Å². The molecule has 0 radical (unpaired) electrons. The van der Waals surface area contributed by atoms with Gasteiger partial charge < -0.3 is 19.7 Å². The van der Waals surface area contributed by atoms with Crippen LogP contribution in [0.15, 0.2) is 61.1 Å². The second kappa shape index (κ2) is 11.4. The number of imidazole rings is 1. The van der Waals surface area contributed by atoms with Crippen molar-refractivity contribution < 1.29 is 27.8 Å². The first-order chi connectivity index (χ1) is 17.6. The summed E-state index contributed by atoms with van der Waals surface area (Å²) in [4.78, 5) is 16.2. The van der Waals surface area contributed by atoms with Crippen molar-refractivity contribution in [3.8, 4) is 5.75 Å². The number of hydrogen-bond acceptors (Lipinski definition) is 4. The molecule has 0 spiro atoms. The molecular weight excluding hydrogens is 485 g/mol. The van der Waals surface area contributed by atoms with Crippen LogP contribution in [0.4, 0.5) is 13.2 Å². The zero-order chi connectivity index (χ0) is 26.6. The van der Waals surface area contributed by atoms with E-state index >= 15 is 0 Å². The number of ether oxygens (including phenoxy) is 1. The van der Waals surface area contributed by atoms with Crippen LogP contribution in [-0.2, 0) is 20.1 Å². The molecule has 5 rings (SSSR count). The van der Waals surface area contributed by atoms with Crippen LogP contribution >= 0.6 is 0 Å². The fraction of sp³-hybridized carbons (Fsp3) is 0.407. The zero-order valence-electron chi connectivity index (χ0n) is 20.7. The van der Waals surface area contributed by atoms with Gasteiger partial charge in [-0.1, -0.05) is 47.9 Å². The van der Waals surface area contributed by atoms with Gasteiger partial charge in [-0.2, -0.15) is 0 Å². The number of carbonyl (C=O) groups is 1. The summed E-state index contributed by atoms with van der Waals surface area (Å²) in [6.07, 6.45) is -1.77. The Balaban J connectivity index is 0.000000301. The van der Waals surface area contributed by atoms with Crippen molar-refractivity contribution in [2.24, 2.45) is 24.8 Å². The smallest absolute Gasteiger partial charge is 0.573 e. The van der Waals surface area contributed by atoms with E-state index < -0.39 is 12.3 Å². The third-order valence-corrected chi connectivity index (χ3v) is 6.79. The third kappa shape index (κ3) is 7.56. The Morgan fingerprint density at radius 3 is 2.49 bits per heavy atom. The van der Waals surface area contributed by atoms with Gasteiger partial charge in [0.15, 0.2) is 5.69 Å². The number of aromatic carboxylic acids is 1. The number of aryl methyl sites for hydroxylation is 2. The van der Waals surface area contributed by atoms with Gasteiger partial charge in [-0.25, -0.2) is 9.78 Å². The minimum atomic E-state index is -4.66. The van der Waals surface area contributed by atoms with Gasteiger partial charge in [0.25, 0.3) is 0 Å². The molecule has 2 unspecified atom stereocenters. The molecule has 2 atom stereocenters. The molecule has 1 aliphatic carbocycles. The minimum Gasteiger partial charge on any atom is -0.658 e. The molecule has 1 aliphatic heterocycles. The lowest BCUT2D eigenvalue weighted by atomic mass is 10.1. The number of carboxylic acids is 1. The third-order valence-electron chi connectivity index (χ3n) is 6.79. The van der Waals surface area contributed by atoms with E-state index in [9.17, 15) is 18.0 Å². The van der Waals surface area contributed by atoms with Crippen LogP contribution in [0.5, 0.6) is 5.75 Å². The molecular formula is C27H30F3N4O3-. The summed E-state index contributed by atoms with van der Waals surface area (Å²) < 4.78 is 42.5. The van der Waals surface area contributed by atoms with Crippen molar-refractivity contribution in [2.45, 2.75) is 26.4 Å². The number of rotatable bonds is 8. The van der Waals surface area contributed by atoms with Gasteiger partial charge in [0.05, 0.1) is 6.33 Å². The number of hydrogen-bond donors (Lipinski definition) is 1. The fourth-order valence-electron chi connectivity index (χ4n) is 4.87. The van der Waals surface area contributed by atoms with Crippen molar-refractivity contribution >= 4 is 5.97 Å². The molecule has 2 aromatic carbocycles. The molecule has 3 aromatic rings. The highest BCUT2D eigenvalue weighted by molar-refractivity contribution is 5.84. The van der Waals surface area contributed by atoms with Crippen molar-refractivity contribution in [1.29, 1.82) is 0 Å². The Bertz CT molecular complexity index is 1200. The van der Waals surface area contributed by atoms with Crippen LogP contribution in [0.3, 0.4) is 0 Å². The summed E-state index contributed by atoms with van der Waals surface area (Å²) >= 11 is 0. The molecule has 0 bridgehead atoms. The number of halogens is 3. The first kappa shape index (κ1) is 26.7. The number of benzene rings is 2. The standard InChI is InChI=1S/C22H24F3N2O.C5H6N2O2/c1-15-5-2-3-7-17(15)12-27-13-20-19(21(20)14-27)11-26-10-16-6-4-8-18(9-16)28-22(23,24)25;1-7-2-4(5(8)9)6-3-7/h2-9,19-21H,10-14H2,1H3;2-3H,1H3,(H,8,9)/q-1;. The number of alkyl halides is 3. The lowest BCUT2D eigenvalue weighted by molar-refractivity contribution is -0.274. The molecule has 2 aliphatic rings. The molecule has 2 heterocycles. The lowest BCUT2D eigenvalue weighted by Crippen LogP contribution is -2.25. The number of fused-ring (bicyclic) bond motifs is 1. The normalized spacial score (nSPS) is 20.6. The predicted octanol–water partition coefficient (Wildman–Crippen LogP) is 5.26. The van der Waals surface area contributed by atoms with Crippen LogP contribution in [0.25, 0.3) is 5.32 Å². The Labute approximate surface area is 213 Å². The van der Waals surface area contributed by atoms with E-state index in [1.807, 2.05) is 0 Å². The molecule has 1 N–H and O–H groups in total. The van der Waals surface area contributed by atoms with Crippen molar-refractivity contribution in [3.05, 3.63) is 88.8 Å². The van der Waals surface area contributed by atoms with E-state index in [4.69, 9.17) is 5.11 Å². The maximum atomic E-state index is 12.3. The first-order valence-electron chi connectivity index (χ1n) is 12.0. The maximum Gasteiger partial charge on any atom is 0.573 e. The Kier molecular flexibility index (Phi) is 8.19. The summed E-state index contributed by atoms with van der Waals surface area (Å²) in [5.74, 6) is 0.883. The highest BCUT2D eigenvalue weighted by atomic mass is 19.4. The van der Waals surface area contributed by atoms with Crippen LogP contribution in [-0.4, -0.2) is 51.5 Å². The molecule has 198 valence electrons. The topological polar surface area (TPSA) is 81.7 Å².